The monoisotopic (exact) mass is 550 g/mol. The van der Waals surface area contributed by atoms with Gasteiger partial charge in [-0.3, -0.25) is 14.4 Å². The maximum absolute atomic E-state index is 14.1. The van der Waals surface area contributed by atoms with E-state index < -0.39 is 38.7 Å². The smallest absolute Gasteiger partial charge is 0.375 e. The molecule has 204 valence electrons. The maximum atomic E-state index is 14.1. The summed E-state index contributed by atoms with van der Waals surface area (Å²) in [6.07, 6.45) is 9.58. The Balaban J connectivity index is 1.38. The summed E-state index contributed by atoms with van der Waals surface area (Å²) in [6, 6.07) is 6.07. The highest BCUT2D eigenvalue weighted by Gasteiger charge is 2.71. The highest BCUT2D eigenvalue weighted by molar-refractivity contribution is 8.26. The Morgan fingerprint density at radius 3 is 2.49 bits per heavy atom. The van der Waals surface area contributed by atoms with E-state index in [2.05, 4.69) is 6.92 Å². The van der Waals surface area contributed by atoms with Crippen molar-refractivity contribution < 1.29 is 37.9 Å². The number of carbonyl (C=O) groups is 4. The molecular formula is C30H30O8S. The number of allylic oxidation sites excluding steroid dienone is 4. The molecule has 0 bridgehead atoms. The summed E-state index contributed by atoms with van der Waals surface area (Å²) in [7, 11) is 0. The Morgan fingerprint density at radius 2 is 1.79 bits per heavy atom. The minimum absolute atomic E-state index is 0.0292. The van der Waals surface area contributed by atoms with E-state index in [1.807, 2.05) is 13.0 Å². The molecule has 0 aromatic carbocycles. The summed E-state index contributed by atoms with van der Waals surface area (Å²) in [5.41, 5.74) is -2.03. The van der Waals surface area contributed by atoms with E-state index in [0.717, 1.165) is 12.0 Å². The van der Waals surface area contributed by atoms with E-state index in [-0.39, 0.29) is 47.9 Å². The molecule has 2 aromatic heterocycles. The molecule has 0 aliphatic heterocycles. The number of ketones is 1. The third-order valence-electron chi connectivity index (χ3n) is 9.84. The Kier molecular flexibility index (Phi) is 6.15. The molecular weight excluding hydrogens is 520 g/mol. The van der Waals surface area contributed by atoms with Crippen LogP contribution >= 0.6 is 11.8 Å². The molecule has 4 aliphatic rings. The van der Waals surface area contributed by atoms with Crippen LogP contribution in [0.15, 0.2) is 69.4 Å². The lowest BCUT2D eigenvalue weighted by Gasteiger charge is -2.59. The van der Waals surface area contributed by atoms with Crippen LogP contribution in [0.3, 0.4) is 0 Å². The Bertz CT molecular complexity index is 1390. The van der Waals surface area contributed by atoms with Gasteiger partial charge in [0.2, 0.25) is 10.9 Å². The van der Waals surface area contributed by atoms with Crippen LogP contribution in [0, 0.1) is 28.6 Å². The number of thioether (sulfide) groups is 1. The zero-order valence-electron chi connectivity index (χ0n) is 21.8. The third-order valence-corrected chi connectivity index (χ3v) is 10.7. The normalized spacial score (nSPS) is 36.9. The van der Waals surface area contributed by atoms with Gasteiger partial charge in [-0.15, -0.1) is 0 Å². The standard InChI is InChI=1S/C30H30O8S/c1-28-11-9-18(31)15-17(28)7-8-19-20-10-12-30(29(20,2)16-21(32)24(19)28,38-25(33)22-5-3-13-36-22)27(35)39-26(34)23-6-4-14-37-23/h3-6,9,11,13-15,19-21,24,32H,7-8,10,12,16H2,1-2H3/t19?,20?,21?,24?,28?,29?,30-/m0/s1. The summed E-state index contributed by atoms with van der Waals surface area (Å²) in [6.45, 7) is 3.98. The molecule has 2 heterocycles. The first-order chi connectivity index (χ1) is 18.6. The second kappa shape index (κ2) is 9.20. The lowest BCUT2D eigenvalue weighted by Crippen LogP contribution is -2.62. The number of aliphatic hydroxyl groups excluding tert-OH is 1. The molecule has 1 N–H and O–H groups in total. The van der Waals surface area contributed by atoms with Gasteiger partial charge in [0.05, 0.1) is 18.6 Å². The highest BCUT2D eigenvalue weighted by atomic mass is 32.2. The van der Waals surface area contributed by atoms with Crippen LogP contribution in [0.25, 0.3) is 0 Å². The van der Waals surface area contributed by atoms with Crippen LogP contribution in [0.4, 0.5) is 0 Å². The van der Waals surface area contributed by atoms with Crippen molar-refractivity contribution >= 4 is 33.7 Å². The number of rotatable bonds is 4. The Hall–Kier alpha value is -3.17. The first kappa shape index (κ1) is 26.1. The van der Waals surface area contributed by atoms with Gasteiger partial charge in [0.25, 0.3) is 5.12 Å². The van der Waals surface area contributed by atoms with Crippen LogP contribution in [0.2, 0.25) is 0 Å². The van der Waals surface area contributed by atoms with Crippen molar-refractivity contribution in [3.8, 4) is 0 Å². The zero-order valence-corrected chi connectivity index (χ0v) is 22.6. The van der Waals surface area contributed by atoms with Gasteiger partial charge >= 0.3 is 5.97 Å². The van der Waals surface area contributed by atoms with E-state index in [4.69, 9.17) is 13.6 Å². The summed E-state index contributed by atoms with van der Waals surface area (Å²) in [5, 5.41) is 10.6. The average Bonchev–Trinajstić information content (AvgIpc) is 3.66. The van der Waals surface area contributed by atoms with Crippen LogP contribution in [-0.2, 0) is 14.3 Å². The minimum atomic E-state index is -1.66. The quantitative estimate of drug-likeness (QED) is 0.515. The van der Waals surface area contributed by atoms with Gasteiger partial charge in [-0.25, -0.2) is 4.79 Å². The first-order valence-electron chi connectivity index (χ1n) is 13.3. The SMILES string of the molecule is CC12C=CC(=O)C=C1CCC1C2C(O)CC2(C)C1CC[C@]2(OC(=O)c1ccco1)C(=O)SC(=O)c1ccco1. The van der Waals surface area contributed by atoms with Gasteiger partial charge in [-0.05, 0) is 92.1 Å². The second-order valence-corrected chi connectivity index (χ2v) is 12.5. The van der Waals surface area contributed by atoms with Gasteiger partial charge in [0.1, 0.15) is 0 Å². The van der Waals surface area contributed by atoms with Gasteiger partial charge < -0.3 is 18.7 Å². The number of hydrogen-bond donors (Lipinski definition) is 1. The molecule has 6 unspecified atom stereocenters. The predicted molar refractivity (Wildman–Crippen MR) is 140 cm³/mol. The van der Waals surface area contributed by atoms with E-state index >= 15 is 0 Å². The maximum Gasteiger partial charge on any atom is 0.375 e. The summed E-state index contributed by atoms with van der Waals surface area (Å²) in [4.78, 5) is 52.4. The minimum Gasteiger partial charge on any atom is -0.460 e. The fourth-order valence-electron chi connectivity index (χ4n) is 8.07. The number of fused-ring (bicyclic) bond motifs is 5. The van der Waals surface area contributed by atoms with Crippen LogP contribution in [-0.4, -0.2) is 38.8 Å². The average molecular weight is 551 g/mol. The highest BCUT2D eigenvalue weighted by Crippen LogP contribution is 2.68. The molecule has 2 aromatic rings. The lowest BCUT2D eigenvalue weighted by atomic mass is 9.46. The van der Waals surface area contributed by atoms with E-state index in [1.165, 1.54) is 24.7 Å². The molecule has 0 spiro atoms. The van der Waals surface area contributed by atoms with Crippen molar-refractivity contribution in [2.24, 2.45) is 28.6 Å². The molecule has 39 heavy (non-hydrogen) atoms. The molecule has 3 saturated carbocycles. The molecule has 9 heteroatoms. The number of carbonyl (C=O) groups excluding carboxylic acids is 4. The van der Waals surface area contributed by atoms with Crippen molar-refractivity contribution in [3.63, 3.8) is 0 Å². The molecule has 6 rings (SSSR count). The third kappa shape index (κ3) is 3.84. The van der Waals surface area contributed by atoms with Crippen molar-refractivity contribution in [2.75, 3.05) is 0 Å². The Labute approximate surface area is 229 Å². The molecule has 3 fully saturated rings. The number of furan rings is 2. The van der Waals surface area contributed by atoms with Gasteiger partial charge in [0.15, 0.2) is 17.1 Å². The molecule has 0 amide bonds. The number of aliphatic hydroxyl groups is 1. The van der Waals surface area contributed by atoms with Crippen molar-refractivity contribution in [1.29, 1.82) is 0 Å². The zero-order chi connectivity index (χ0) is 27.6. The summed E-state index contributed by atoms with van der Waals surface area (Å²) >= 11 is 0.476. The fraction of sp³-hybridized carbons (Fsp3) is 0.467. The summed E-state index contributed by atoms with van der Waals surface area (Å²) in [5.74, 6) is -1.00. The van der Waals surface area contributed by atoms with Crippen LogP contribution < -0.4 is 0 Å². The molecule has 4 aliphatic carbocycles. The summed E-state index contributed by atoms with van der Waals surface area (Å²) < 4.78 is 16.6. The number of ether oxygens (including phenoxy) is 1. The molecule has 0 saturated heterocycles. The lowest BCUT2D eigenvalue weighted by molar-refractivity contribution is -0.171. The van der Waals surface area contributed by atoms with Gasteiger partial charge in [0, 0.05) is 16.7 Å². The van der Waals surface area contributed by atoms with Crippen molar-refractivity contribution in [2.45, 2.75) is 57.7 Å². The molecule has 8 nitrogen and oxygen atoms in total. The Morgan fingerprint density at radius 1 is 1.08 bits per heavy atom. The van der Waals surface area contributed by atoms with Crippen molar-refractivity contribution in [1.82, 2.24) is 0 Å². The fourth-order valence-corrected chi connectivity index (χ4v) is 9.00. The van der Waals surface area contributed by atoms with E-state index in [9.17, 15) is 24.3 Å². The number of esters is 1. The van der Waals surface area contributed by atoms with Gasteiger partial charge in [-0.1, -0.05) is 25.5 Å². The van der Waals surface area contributed by atoms with Crippen LogP contribution in [0.1, 0.15) is 67.1 Å². The van der Waals surface area contributed by atoms with E-state index in [1.54, 1.807) is 24.3 Å². The van der Waals surface area contributed by atoms with Gasteiger partial charge in [-0.2, -0.15) is 0 Å². The second-order valence-electron chi connectivity index (χ2n) is 11.6. The first-order valence-corrected chi connectivity index (χ1v) is 14.1. The molecule has 7 atom stereocenters. The molecule has 0 radical (unpaired) electrons. The van der Waals surface area contributed by atoms with Crippen molar-refractivity contribution in [3.05, 3.63) is 72.1 Å². The topological polar surface area (TPSA) is 124 Å². The largest absolute Gasteiger partial charge is 0.460 e. The van der Waals surface area contributed by atoms with E-state index in [0.29, 0.717) is 24.6 Å². The predicted octanol–water partition coefficient (Wildman–Crippen LogP) is 5.15. The van der Waals surface area contributed by atoms with Crippen LogP contribution in [0.5, 0.6) is 0 Å². The number of hydrogen-bond acceptors (Lipinski definition) is 9.